The van der Waals surface area contributed by atoms with Gasteiger partial charge in [-0.3, -0.25) is 0 Å². The Bertz CT molecular complexity index is 338. The van der Waals surface area contributed by atoms with Gasteiger partial charge in [-0.1, -0.05) is 26.0 Å². The molecule has 16 heavy (non-hydrogen) atoms. The van der Waals surface area contributed by atoms with Crippen LogP contribution in [0.15, 0.2) is 24.3 Å². The van der Waals surface area contributed by atoms with E-state index < -0.39 is 0 Å². The minimum atomic E-state index is -0.224. The standard InChI is InChI=1S/C13H20FNO/c1-4-15(9-13(2,3)10-16)12-8-6-5-7-11(12)14/h5-8,16H,4,9-10H2,1-3H3. The lowest BCUT2D eigenvalue weighted by molar-refractivity contribution is 0.164. The molecule has 3 heteroatoms. The summed E-state index contributed by atoms with van der Waals surface area (Å²) in [5, 5.41) is 9.23. The van der Waals surface area contributed by atoms with Gasteiger partial charge in [-0.2, -0.15) is 0 Å². The number of aliphatic hydroxyl groups is 1. The monoisotopic (exact) mass is 225 g/mol. The molecule has 0 aliphatic carbocycles. The molecule has 1 aromatic carbocycles. The molecular weight excluding hydrogens is 205 g/mol. The summed E-state index contributed by atoms with van der Waals surface area (Å²) in [7, 11) is 0. The van der Waals surface area contributed by atoms with Crippen molar-refractivity contribution in [1.82, 2.24) is 0 Å². The van der Waals surface area contributed by atoms with Crippen molar-refractivity contribution >= 4 is 5.69 Å². The lowest BCUT2D eigenvalue weighted by atomic mass is 9.94. The van der Waals surface area contributed by atoms with E-state index in [2.05, 4.69) is 0 Å². The van der Waals surface area contributed by atoms with Gasteiger partial charge in [0.1, 0.15) is 5.82 Å². The molecule has 0 amide bonds. The number of anilines is 1. The molecule has 0 aliphatic rings. The quantitative estimate of drug-likeness (QED) is 0.832. The van der Waals surface area contributed by atoms with Crippen LogP contribution in [-0.4, -0.2) is 24.8 Å². The summed E-state index contributed by atoms with van der Waals surface area (Å²) in [4.78, 5) is 1.95. The zero-order valence-electron chi connectivity index (χ0n) is 10.2. The second-order valence-corrected chi connectivity index (χ2v) is 4.79. The van der Waals surface area contributed by atoms with E-state index in [1.807, 2.05) is 31.7 Å². The summed E-state index contributed by atoms with van der Waals surface area (Å²) < 4.78 is 13.6. The second-order valence-electron chi connectivity index (χ2n) is 4.79. The number of aliphatic hydroxyl groups excluding tert-OH is 1. The minimum Gasteiger partial charge on any atom is -0.396 e. The summed E-state index contributed by atoms with van der Waals surface area (Å²) in [5.74, 6) is -0.210. The summed E-state index contributed by atoms with van der Waals surface area (Å²) >= 11 is 0. The van der Waals surface area contributed by atoms with Gasteiger partial charge in [0.05, 0.1) is 5.69 Å². The average molecular weight is 225 g/mol. The molecule has 0 spiro atoms. The van der Waals surface area contributed by atoms with Crippen molar-refractivity contribution in [3.05, 3.63) is 30.1 Å². The first kappa shape index (κ1) is 13.0. The number of hydrogen-bond acceptors (Lipinski definition) is 2. The van der Waals surface area contributed by atoms with Crippen molar-refractivity contribution in [1.29, 1.82) is 0 Å². The smallest absolute Gasteiger partial charge is 0.146 e. The first-order valence-electron chi connectivity index (χ1n) is 5.60. The van der Waals surface area contributed by atoms with E-state index in [-0.39, 0.29) is 17.8 Å². The number of benzene rings is 1. The first-order valence-corrected chi connectivity index (χ1v) is 5.60. The van der Waals surface area contributed by atoms with Crippen LogP contribution in [0.4, 0.5) is 10.1 Å². The first-order chi connectivity index (χ1) is 7.50. The lowest BCUT2D eigenvalue weighted by Gasteiger charge is -2.32. The molecule has 0 heterocycles. The zero-order chi connectivity index (χ0) is 12.2. The van der Waals surface area contributed by atoms with E-state index in [0.717, 1.165) is 6.54 Å². The molecular formula is C13H20FNO. The highest BCUT2D eigenvalue weighted by atomic mass is 19.1. The number of hydrogen-bond donors (Lipinski definition) is 1. The Kier molecular flexibility index (Phi) is 4.30. The summed E-state index contributed by atoms with van der Waals surface area (Å²) in [5.41, 5.74) is 0.379. The predicted molar refractivity (Wildman–Crippen MR) is 65.2 cm³/mol. The van der Waals surface area contributed by atoms with Crippen molar-refractivity contribution in [2.45, 2.75) is 20.8 Å². The zero-order valence-corrected chi connectivity index (χ0v) is 10.2. The molecule has 0 bridgehead atoms. The van der Waals surface area contributed by atoms with Crippen molar-refractivity contribution < 1.29 is 9.50 Å². The molecule has 1 aromatic rings. The van der Waals surface area contributed by atoms with Gasteiger partial charge in [0.15, 0.2) is 0 Å². The maximum Gasteiger partial charge on any atom is 0.146 e. The van der Waals surface area contributed by atoms with Crippen molar-refractivity contribution in [2.24, 2.45) is 5.41 Å². The van der Waals surface area contributed by atoms with Gasteiger partial charge in [0, 0.05) is 25.1 Å². The van der Waals surface area contributed by atoms with E-state index in [4.69, 9.17) is 0 Å². The number of rotatable bonds is 5. The highest BCUT2D eigenvalue weighted by Gasteiger charge is 2.21. The topological polar surface area (TPSA) is 23.5 Å². The number of halogens is 1. The Labute approximate surface area is 96.7 Å². The van der Waals surface area contributed by atoms with Crippen molar-refractivity contribution in [3.8, 4) is 0 Å². The maximum absolute atomic E-state index is 13.6. The molecule has 0 unspecified atom stereocenters. The van der Waals surface area contributed by atoms with Crippen LogP contribution < -0.4 is 4.90 Å². The second kappa shape index (κ2) is 5.30. The summed E-state index contributed by atoms with van der Waals surface area (Å²) in [6, 6.07) is 6.74. The molecule has 0 radical (unpaired) electrons. The molecule has 0 atom stereocenters. The molecule has 0 aromatic heterocycles. The fourth-order valence-electron chi connectivity index (χ4n) is 1.64. The Morgan fingerprint density at radius 2 is 1.94 bits per heavy atom. The van der Waals surface area contributed by atoms with Gasteiger partial charge in [0.2, 0.25) is 0 Å². The number of para-hydroxylation sites is 1. The van der Waals surface area contributed by atoms with Crippen LogP contribution >= 0.6 is 0 Å². The Morgan fingerprint density at radius 3 is 2.44 bits per heavy atom. The van der Waals surface area contributed by atoms with Gasteiger partial charge in [-0.05, 0) is 19.1 Å². The fourth-order valence-corrected chi connectivity index (χ4v) is 1.64. The van der Waals surface area contributed by atoms with E-state index in [1.54, 1.807) is 12.1 Å². The molecule has 90 valence electrons. The molecule has 0 saturated carbocycles. The third-order valence-corrected chi connectivity index (χ3v) is 2.62. The molecule has 1 N–H and O–H groups in total. The fraction of sp³-hybridized carbons (Fsp3) is 0.538. The molecule has 0 fully saturated rings. The van der Waals surface area contributed by atoms with E-state index in [0.29, 0.717) is 12.2 Å². The summed E-state index contributed by atoms with van der Waals surface area (Å²) in [6.07, 6.45) is 0. The van der Waals surface area contributed by atoms with Crippen LogP contribution in [0.1, 0.15) is 20.8 Å². The van der Waals surface area contributed by atoms with E-state index >= 15 is 0 Å². The minimum absolute atomic E-state index is 0.0952. The van der Waals surface area contributed by atoms with E-state index in [1.165, 1.54) is 6.07 Å². The Morgan fingerprint density at radius 1 is 1.31 bits per heavy atom. The number of nitrogens with zero attached hydrogens (tertiary/aromatic N) is 1. The van der Waals surface area contributed by atoms with Crippen LogP contribution in [0.5, 0.6) is 0 Å². The van der Waals surface area contributed by atoms with Crippen LogP contribution in [-0.2, 0) is 0 Å². The SMILES string of the molecule is CCN(CC(C)(C)CO)c1ccccc1F. The van der Waals surface area contributed by atoms with Crippen LogP contribution in [0.3, 0.4) is 0 Å². The maximum atomic E-state index is 13.6. The lowest BCUT2D eigenvalue weighted by Crippen LogP contribution is -2.36. The highest BCUT2D eigenvalue weighted by Crippen LogP contribution is 2.23. The molecule has 2 nitrogen and oxygen atoms in total. The van der Waals surface area contributed by atoms with Crippen LogP contribution in [0.2, 0.25) is 0 Å². The normalized spacial score (nSPS) is 11.6. The van der Waals surface area contributed by atoms with Gasteiger partial charge in [0.25, 0.3) is 0 Å². The summed E-state index contributed by atoms with van der Waals surface area (Å²) in [6.45, 7) is 7.39. The Balaban J connectivity index is 2.87. The third-order valence-electron chi connectivity index (χ3n) is 2.62. The third kappa shape index (κ3) is 3.20. The Hall–Kier alpha value is -1.09. The van der Waals surface area contributed by atoms with Gasteiger partial charge >= 0.3 is 0 Å². The highest BCUT2D eigenvalue weighted by molar-refractivity contribution is 5.47. The van der Waals surface area contributed by atoms with Crippen molar-refractivity contribution in [2.75, 3.05) is 24.6 Å². The van der Waals surface area contributed by atoms with Crippen LogP contribution in [0, 0.1) is 11.2 Å². The largest absolute Gasteiger partial charge is 0.396 e. The van der Waals surface area contributed by atoms with Gasteiger partial charge < -0.3 is 10.0 Å². The molecule has 0 aliphatic heterocycles. The van der Waals surface area contributed by atoms with E-state index in [9.17, 15) is 9.50 Å². The predicted octanol–water partition coefficient (Wildman–Crippen LogP) is 2.67. The average Bonchev–Trinajstić information content (AvgIpc) is 2.27. The van der Waals surface area contributed by atoms with Gasteiger partial charge in [-0.15, -0.1) is 0 Å². The molecule has 0 saturated heterocycles. The van der Waals surface area contributed by atoms with Crippen LogP contribution in [0.25, 0.3) is 0 Å². The molecule has 1 rings (SSSR count). The van der Waals surface area contributed by atoms with Gasteiger partial charge in [-0.25, -0.2) is 4.39 Å². The van der Waals surface area contributed by atoms with Crippen molar-refractivity contribution in [3.63, 3.8) is 0 Å².